The predicted octanol–water partition coefficient (Wildman–Crippen LogP) is 3.22. The average Bonchev–Trinajstić information content (AvgIpc) is 2.45. The van der Waals surface area contributed by atoms with Crippen molar-refractivity contribution in [2.24, 2.45) is 5.73 Å². The minimum atomic E-state index is 0.515. The lowest BCUT2D eigenvalue weighted by atomic mass is 10.1. The number of hydrogen-bond acceptors (Lipinski definition) is 3. The van der Waals surface area contributed by atoms with Crippen LogP contribution in [0.2, 0.25) is 0 Å². The van der Waals surface area contributed by atoms with Gasteiger partial charge in [0.05, 0.1) is 0 Å². The third kappa shape index (κ3) is 4.00. The molecule has 0 amide bonds. The van der Waals surface area contributed by atoms with E-state index in [1.165, 1.54) is 5.56 Å². The molecule has 0 aromatic heterocycles. The minimum Gasteiger partial charge on any atom is -0.490 e. The largest absolute Gasteiger partial charge is 0.490 e. The van der Waals surface area contributed by atoms with Gasteiger partial charge in [-0.2, -0.15) is 0 Å². The molecule has 2 aromatic carbocycles. The Hall–Kier alpha value is -2.00. The summed E-state index contributed by atoms with van der Waals surface area (Å²) < 4.78 is 11.4. The first kappa shape index (κ1) is 14.4. The maximum atomic E-state index is 5.72. The average molecular weight is 271 g/mol. The van der Waals surface area contributed by atoms with Crippen LogP contribution in [0.15, 0.2) is 42.5 Å². The van der Waals surface area contributed by atoms with E-state index in [-0.39, 0.29) is 0 Å². The Balaban J connectivity index is 1.81. The van der Waals surface area contributed by atoms with Crippen molar-refractivity contribution in [3.8, 4) is 11.5 Å². The Morgan fingerprint density at radius 1 is 0.950 bits per heavy atom. The number of aryl methyl sites for hydroxylation is 2. The Labute approximate surface area is 120 Å². The smallest absolute Gasteiger partial charge is 0.122 e. The van der Waals surface area contributed by atoms with Crippen molar-refractivity contribution < 1.29 is 9.47 Å². The highest BCUT2D eigenvalue weighted by atomic mass is 16.5. The van der Waals surface area contributed by atoms with E-state index in [0.29, 0.717) is 19.8 Å². The zero-order valence-corrected chi connectivity index (χ0v) is 12.1. The first-order chi connectivity index (χ1) is 9.69. The van der Waals surface area contributed by atoms with Gasteiger partial charge < -0.3 is 15.2 Å². The molecular weight excluding hydrogens is 250 g/mol. The second-order valence-electron chi connectivity index (χ2n) is 4.82. The summed E-state index contributed by atoms with van der Waals surface area (Å²) in [6, 6.07) is 14.0. The Morgan fingerprint density at radius 2 is 1.75 bits per heavy atom. The quantitative estimate of drug-likeness (QED) is 0.820. The molecule has 2 rings (SSSR count). The molecule has 0 spiro atoms. The van der Waals surface area contributed by atoms with Crippen molar-refractivity contribution in [3.63, 3.8) is 0 Å². The topological polar surface area (TPSA) is 44.5 Å². The number of benzene rings is 2. The molecule has 0 saturated carbocycles. The molecule has 0 radical (unpaired) electrons. The lowest BCUT2D eigenvalue weighted by Gasteiger charge is -2.11. The van der Waals surface area contributed by atoms with E-state index in [1.807, 2.05) is 43.3 Å². The van der Waals surface area contributed by atoms with Gasteiger partial charge in [0.1, 0.15) is 24.7 Å². The van der Waals surface area contributed by atoms with Gasteiger partial charge in [0.2, 0.25) is 0 Å². The van der Waals surface area contributed by atoms with Crippen LogP contribution in [0, 0.1) is 13.8 Å². The first-order valence-electron chi connectivity index (χ1n) is 6.81. The summed E-state index contributed by atoms with van der Waals surface area (Å²) in [7, 11) is 0. The van der Waals surface area contributed by atoms with Crippen molar-refractivity contribution >= 4 is 0 Å². The summed E-state index contributed by atoms with van der Waals surface area (Å²) in [5, 5.41) is 0. The van der Waals surface area contributed by atoms with Crippen LogP contribution in [0.25, 0.3) is 0 Å². The maximum Gasteiger partial charge on any atom is 0.122 e. The van der Waals surface area contributed by atoms with E-state index in [9.17, 15) is 0 Å². The molecule has 106 valence electrons. The molecule has 0 unspecified atom stereocenters. The zero-order valence-electron chi connectivity index (χ0n) is 12.1. The van der Waals surface area contributed by atoms with Crippen molar-refractivity contribution in [2.45, 2.75) is 20.4 Å². The molecule has 0 saturated heterocycles. The number of rotatable bonds is 6. The molecule has 2 aromatic rings. The third-order valence-electron chi connectivity index (χ3n) is 3.07. The van der Waals surface area contributed by atoms with Crippen molar-refractivity contribution in [3.05, 3.63) is 59.2 Å². The van der Waals surface area contributed by atoms with Crippen molar-refractivity contribution in [1.29, 1.82) is 0 Å². The van der Waals surface area contributed by atoms with Crippen molar-refractivity contribution in [2.75, 3.05) is 13.2 Å². The van der Waals surface area contributed by atoms with Gasteiger partial charge in [0.15, 0.2) is 0 Å². The highest BCUT2D eigenvalue weighted by Gasteiger charge is 2.00. The van der Waals surface area contributed by atoms with Crippen molar-refractivity contribution in [1.82, 2.24) is 0 Å². The van der Waals surface area contributed by atoms with Crippen LogP contribution in [-0.2, 0) is 6.54 Å². The lowest BCUT2D eigenvalue weighted by Crippen LogP contribution is -2.10. The summed E-state index contributed by atoms with van der Waals surface area (Å²) >= 11 is 0. The van der Waals surface area contributed by atoms with Gasteiger partial charge in [-0.15, -0.1) is 0 Å². The van der Waals surface area contributed by atoms with Crippen LogP contribution < -0.4 is 15.2 Å². The second-order valence-corrected chi connectivity index (χ2v) is 4.82. The molecule has 3 nitrogen and oxygen atoms in total. The van der Waals surface area contributed by atoms with Gasteiger partial charge in [-0.25, -0.2) is 0 Å². The van der Waals surface area contributed by atoms with Crippen LogP contribution in [0.1, 0.15) is 16.7 Å². The van der Waals surface area contributed by atoms with Gasteiger partial charge in [0.25, 0.3) is 0 Å². The van der Waals surface area contributed by atoms with Crippen LogP contribution in [0.5, 0.6) is 11.5 Å². The van der Waals surface area contributed by atoms with E-state index in [1.54, 1.807) is 0 Å². The summed E-state index contributed by atoms with van der Waals surface area (Å²) in [5.74, 6) is 1.74. The minimum absolute atomic E-state index is 0.515. The molecule has 0 atom stereocenters. The third-order valence-corrected chi connectivity index (χ3v) is 3.07. The van der Waals surface area contributed by atoms with E-state index >= 15 is 0 Å². The highest BCUT2D eigenvalue weighted by Crippen LogP contribution is 2.18. The van der Waals surface area contributed by atoms with Gasteiger partial charge >= 0.3 is 0 Å². The van der Waals surface area contributed by atoms with E-state index in [0.717, 1.165) is 22.6 Å². The summed E-state index contributed by atoms with van der Waals surface area (Å²) in [6.07, 6.45) is 0. The van der Waals surface area contributed by atoms with Crippen LogP contribution in [0.3, 0.4) is 0 Å². The summed E-state index contributed by atoms with van der Waals surface area (Å²) in [4.78, 5) is 0. The molecule has 0 aliphatic carbocycles. The molecule has 20 heavy (non-hydrogen) atoms. The van der Waals surface area contributed by atoms with Crippen LogP contribution in [-0.4, -0.2) is 13.2 Å². The molecule has 0 aliphatic heterocycles. The highest BCUT2D eigenvalue weighted by molar-refractivity contribution is 5.35. The van der Waals surface area contributed by atoms with Crippen LogP contribution in [0.4, 0.5) is 0 Å². The predicted molar refractivity (Wildman–Crippen MR) is 81.2 cm³/mol. The standard InChI is InChI=1S/C17H21NO2/c1-13-6-7-17(14(2)10-13)20-9-8-19-16-5-3-4-15(11-16)12-18/h3-7,10-11H,8-9,12,18H2,1-2H3. The Bertz CT molecular complexity index is 567. The van der Waals surface area contributed by atoms with E-state index in [4.69, 9.17) is 15.2 Å². The van der Waals surface area contributed by atoms with Crippen LogP contribution >= 0.6 is 0 Å². The van der Waals surface area contributed by atoms with Gasteiger partial charge in [0, 0.05) is 6.54 Å². The molecule has 0 fully saturated rings. The second kappa shape index (κ2) is 6.96. The summed E-state index contributed by atoms with van der Waals surface area (Å²) in [6.45, 7) is 5.69. The monoisotopic (exact) mass is 271 g/mol. The first-order valence-corrected chi connectivity index (χ1v) is 6.81. The molecule has 0 bridgehead atoms. The maximum absolute atomic E-state index is 5.72. The normalized spacial score (nSPS) is 10.3. The zero-order chi connectivity index (χ0) is 14.4. The Kier molecular flexibility index (Phi) is 5.02. The fourth-order valence-corrected chi connectivity index (χ4v) is 2.03. The fraction of sp³-hybridized carbons (Fsp3) is 0.294. The van der Waals surface area contributed by atoms with Gasteiger partial charge in [-0.1, -0.05) is 29.8 Å². The lowest BCUT2D eigenvalue weighted by molar-refractivity contribution is 0.216. The SMILES string of the molecule is Cc1ccc(OCCOc2cccc(CN)c2)c(C)c1. The van der Waals surface area contributed by atoms with E-state index in [2.05, 4.69) is 13.0 Å². The molecule has 2 N–H and O–H groups in total. The summed E-state index contributed by atoms with van der Waals surface area (Å²) in [5.41, 5.74) is 9.05. The Morgan fingerprint density at radius 3 is 2.50 bits per heavy atom. The molecular formula is C17H21NO2. The van der Waals surface area contributed by atoms with E-state index < -0.39 is 0 Å². The van der Waals surface area contributed by atoms with Gasteiger partial charge in [-0.3, -0.25) is 0 Å². The molecule has 3 heteroatoms. The fourth-order valence-electron chi connectivity index (χ4n) is 2.03. The number of nitrogens with two attached hydrogens (primary N) is 1. The molecule has 0 aliphatic rings. The molecule has 0 heterocycles. The van der Waals surface area contributed by atoms with Gasteiger partial charge in [-0.05, 0) is 43.2 Å². The number of hydrogen-bond donors (Lipinski definition) is 1. The number of ether oxygens (including phenoxy) is 2.